The number of hydrogen-bond donors (Lipinski definition) is 2. The first-order chi connectivity index (χ1) is 10.1. The summed E-state index contributed by atoms with van der Waals surface area (Å²) < 4.78 is 11.0. The van der Waals surface area contributed by atoms with Gasteiger partial charge in [-0.15, -0.1) is 0 Å². The van der Waals surface area contributed by atoms with Gasteiger partial charge in [-0.2, -0.15) is 4.98 Å². The second kappa shape index (κ2) is 5.87. The number of urea groups is 1. The Morgan fingerprint density at radius 2 is 2.09 bits per heavy atom. The molecule has 22 heavy (non-hydrogen) atoms. The first-order valence-electron chi connectivity index (χ1n) is 7.70. The zero-order chi connectivity index (χ0) is 16.5. The van der Waals surface area contributed by atoms with Gasteiger partial charge in [0.1, 0.15) is 0 Å². The second-order valence-corrected chi connectivity index (χ2v) is 6.97. The molecule has 0 spiro atoms. The molecule has 2 amide bonds. The van der Waals surface area contributed by atoms with Crippen molar-refractivity contribution >= 4 is 6.03 Å². The third-order valence-electron chi connectivity index (χ3n) is 3.95. The number of amides is 2. The van der Waals surface area contributed by atoms with Crippen LogP contribution in [0.5, 0.6) is 0 Å². The molecule has 2 atom stereocenters. The van der Waals surface area contributed by atoms with Crippen LogP contribution >= 0.6 is 0 Å². The lowest BCUT2D eigenvalue weighted by atomic mass is 9.94. The van der Waals surface area contributed by atoms with Crippen LogP contribution in [0.2, 0.25) is 0 Å². The fraction of sp³-hybridized carbons (Fsp3) is 0.800. The first kappa shape index (κ1) is 16.7. The lowest BCUT2D eigenvalue weighted by molar-refractivity contribution is -0.0690. The molecule has 0 aliphatic carbocycles. The van der Waals surface area contributed by atoms with Crippen molar-refractivity contribution in [3.8, 4) is 0 Å². The van der Waals surface area contributed by atoms with Crippen molar-refractivity contribution in [2.75, 3.05) is 0 Å². The van der Waals surface area contributed by atoms with Crippen molar-refractivity contribution in [2.24, 2.45) is 0 Å². The minimum Gasteiger partial charge on any atom is -0.367 e. The normalized spacial score (nSPS) is 24.0. The Bertz CT molecular complexity index is 539. The number of aryl methyl sites for hydroxylation is 1. The molecular formula is C15H26N4O3. The van der Waals surface area contributed by atoms with Crippen LogP contribution in [0.15, 0.2) is 4.52 Å². The Kier molecular flexibility index (Phi) is 4.47. The van der Waals surface area contributed by atoms with E-state index in [1.165, 1.54) is 0 Å². The van der Waals surface area contributed by atoms with Crippen molar-refractivity contribution in [2.45, 2.75) is 77.7 Å². The number of nitrogens with one attached hydrogen (secondary N) is 2. The van der Waals surface area contributed by atoms with Crippen LogP contribution in [-0.2, 0) is 4.74 Å². The van der Waals surface area contributed by atoms with Crippen LogP contribution < -0.4 is 10.6 Å². The van der Waals surface area contributed by atoms with E-state index in [9.17, 15) is 4.79 Å². The van der Waals surface area contributed by atoms with Gasteiger partial charge in [-0.3, -0.25) is 0 Å². The van der Waals surface area contributed by atoms with Crippen molar-refractivity contribution in [1.29, 1.82) is 0 Å². The maximum atomic E-state index is 12.3. The standard InChI is InChI=1S/C15H26N4O3/c1-7-10(12-16-9(2)21-19-12)17-13(20)18-11-8-14(3,4)22-15(11,5)6/h10-11H,7-8H2,1-6H3,(H2,17,18,20)/t10-,11-/m1/s1. The largest absolute Gasteiger partial charge is 0.367 e. The van der Waals surface area contributed by atoms with E-state index >= 15 is 0 Å². The first-order valence-corrected chi connectivity index (χ1v) is 7.70. The minimum absolute atomic E-state index is 0.0491. The van der Waals surface area contributed by atoms with Gasteiger partial charge in [0.05, 0.1) is 23.3 Å². The maximum Gasteiger partial charge on any atom is 0.315 e. The topological polar surface area (TPSA) is 89.3 Å². The molecule has 7 heteroatoms. The maximum absolute atomic E-state index is 12.3. The highest BCUT2D eigenvalue weighted by molar-refractivity contribution is 5.74. The van der Waals surface area contributed by atoms with Crippen LogP contribution in [0.1, 0.15) is 65.2 Å². The Morgan fingerprint density at radius 1 is 1.41 bits per heavy atom. The van der Waals surface area contributed by atoms with Crippen LogP contribution in [0, 0.1) is 6.92 Å². The van der Waals surface area contributed by atoms with E-state index in [1.54, 1.807) is 6.92 Å². The van der Waals surface area contributed by atoms with E-state index in [0.717, 1.165) is 6.42 Å². The molecule has 1 saturated heterocycles. The number of carbonyl (C=O) groups excluding carboxylic acids is 1. The van der Waals surface area contributed by atoms with E-state index in [1.807, 2.05) is 34.6 Å². The Labute approximate surface area is 131 Å². The molecule has 0 aromatic carbocycles. The van der Waals surface area contributed by atoms with Gasteiger partial charge in [-0.25, -0.2) is 4.79 Å². The van der Waals surface area contributed by atoms with E-state index in [2.05, 4.69) is 20.8 Å². The zero-order valence-electron chi connectivity index (χ0n) is 14.2. The molecule has 0 radical (unpaired) electrons. The third kappa shape index (κ3) is 3.76. The fourth-order valence-corrected chi connectivity index (χ4v) is 2.95. The fourth-order valence-electron chi connectivity index (χ4n) is 2.95. The van der Waals surface area contributed by atoms with Gasteiger partial charge in [0.25, 0.3) is 0 Å². The molecule has 7 nitrogen and oxygen atoms in total. The average Bonchev–Trinajstić information content (AvgIpc) is 2.87. The summed E-state index contributed by atoms with van der Waals surface area (Å²) in [5.74, 6) is 0.986. The number of aromatic nitrogens is 2. The van der Waals surface area contributed by atoms with Gasteiger partial charge in [0, 0.05) is 6.92 Å². The zero-order valence-corrected chi connectivity index (χ0v) is 14.2. The van der Waals surface area contributed by atoms with E-state index < -0.39 is 5.60 Å². The van der Waals surface area contributed by atoms with Gasteiger partial charge in [0.2, 0.25) is 5.89 Å². The molecule has 1 fully saturated rings. The highest BCUT2D eigenvalue weighted by atomic mass is 16.5. The summed E-state index contributed by atoms with van der Waals surface area (Å²) in [4.78, 5) is 16.5. The smallest absolute Gasteiger partial charge is 0.315 e. The summed E-state index contributed by atoms with van der Waals surface area (Å²) in [5.41, 5.74) is -0.637. The molecule has 124 valence electrons. The molecule has 0 saturated carbocycles. The van der Waals surface area contributed by atoms with E-state index in [0.29, 0.717) is 18.1 Å². The summed E-state index contributed by atoms with van der Waals surface area (Å²) in [6, 6.07) is -0.559. The Balaban J connectivity index is 1.97. The molecule has 2 rings (SSSR count). The van der Waals surface area contributed by atoms with Crippen molar-refractivity contribution in [3.05, 3.63) is 11.7 Å². The van der Waals surface area contributed by atoms with Crippen LogP contribution in [0.3, 0.4) is 0 Å². The molecule has 1 aliphatic rings. The van der Waals surface area contributed by atoms with Crippen LogP contribution in [-0.4, -0.2) is 33.4 Å². The van der Waals surface area contributed by atoms with E-state index in [-0.39, 0.29) is 23.7 Å². The molecule has 2 heterocycles. The van der Waals surface area contributed by atoms with Crippen molar-refractivity contribution < 1.29 is 14.1 Å². The van der Waals surface area contributed by atoms with Gasteiger partial charge >= 0.3 is 6.03 Å². The van der Waals surface area contributed by atoms with Crippen molar-refractivity contribution in [3.63, 3.8) is 0 Å². The van der Waals surface area contributed by atoms with Crippen LogP contribution in [0.25, 0.3) is 0 Å². The molecule has 1 aromatic heterocycles. The summed E-state index contributed by atoms with van der Waals surface area (Å²) in [6.07, 6.45) is 1.45. The lowest BCUT2D eigenvalue weighted by Crippen LogP contribution is -2.50. The van der Waals surface area contributed by atoms with Gasteiger partial charge in [-0.1, -0.05) is 12.1 Å². The van der Waals surface area contributed by atoms with Gasteiger partial charge in [-0.05, 0) is 40.5 Å². The molecular weight excluding hydrogens is 284 g/mol. The third-order valence-corrected chi connectivity index (χ3v) is 3.95. The SMILES string of the molecule is CC[C@@H](NC(=O)N[C@@H]1CC(C)(C)OC1(C)C)c1noc(C)n1. The Morgan fingerprint density at radius 3 is 2.55 bits per heavy atom. The Hall–Kier alpha value is -1.63. The van der Waals surface area contributed by atoms with Gasteiger partial charge < -0.3 is 19.9 Å². The highest BCUT2D eigenvalue weighted by Gasteiger charge is 2.46. The van der Waals surface area contributed by atoms with Crippen molar-refractivity contribution in [1.82, 2.24) is 20.8 Å². The molecule has 1 aliphatic heterocycles. The van der Waals surface area contributed by atoms with Crippen LogP contribution in [0.4, 0.5) is 4.79 Å². The van der Waals surface area contributed by atoms with Gasteiger partial charge in [0.15, 0.2) is 5.82 Å². The number of carbonyl (C=O) groups is 1. The second-order valence-electron chi connectivity index (χ2n) is 6.97. The highest BCUT2D eigenvalue weighted by Crippen LogP contribution is 2.37. The number of rotatable bonds is 4. The number of hydrogen-bond acceptors (Lipinski definition) is 5. The average molecular weight is 310 g/mol. The monoisotopic (exact) mass is 310 g/mol. The lowest BCUT2D eigenvalue weighted by Gasteiger charge is -2.28. The molecule has 0 bridgehead atoms. The van der Waals surface area contributed by atoms with E-state index in [4.69, 9.17) is 9.26 Å². The number of ether oxygens (including phenoxy) is 1. The predicted molar refractivity (Wildman–Crippen MR) is 81.4 cm³/mol. The minimum atomic E-state index is -0.398. The summed E-state index contributed by atoms with van der Waals surface area (Å²) in [7, 11) is 0. The summed E-state index contributed by atoms with van der Waals surface area (Å²) in [5, 5.41) is 9.77. The molecule has 2 N–H and O–H groups in total. The summed E-state index contributed by atoms with van der Waals surface area (Å²) in [6.45, 7) is 11.7. The quantitative estimate of drug-likeness (QED) is 0.891. The number of nitrogens with zero attached hydrogens (tertiary/aromatic N) is 2. The molecule has 0 unspecified atom stereocenters. The molecule has 1 aromatic rings. The predicted octanol–water partition coefficient (Wildman–Crippen LogP) is 2.47. The summed E-state index contributed by atoms with van der Waals surface area (Å²) >= 11 is 0.